The number of anilines is 1. The molecule has 2 amide bonds. The van der Waals surface area contributed by atoms with E-state index in [-0.39, 0.29) is 23.8 Å². The van der Waals surface area contributed by atoms with E-state index in [9.17, 15) is 18.0 Å². The second-order valence-electron chi connectivity index (χ2n) is 10.6. The first kappa shape index (κ1) is 32.0. The van der Waals surface area contributed by atoms with Crippen molar-refractivity contribution in [3.63, 3.8) is 0 Å². The topological polar surface area (TPSA) is 86.8 Å². The maximum atomic E-state index is 14.4. The summed E-state index contributed by atoms with van der Waals surface area (Å²) in [6, 6.07) is 28.1. The van der Waals surface area contributed by atoms with E-state index >= 15 is 0 Å². The summed E-state index contributed by atoms with van der Waals surface area (Å²) in [7, 11) is -2.61. The predicted molar refractivity (Wildman–Crippen MR) is 174 cm³/mol. The number of amides is 2. The lowest BCUT2D eigenvalue weighted by Gasteiger charge is -2.34. The third-order valence-electron chi connectivity index (χ3n) is 7.29. The molecule has 7 nitrogen and oxygen atoms in total. The maximum absolute atomic E-state index is 14.4. The van der Waals surface area contributed by atoms with E-state index in [1.54, 1.807) is 30.3 Å². The number of rotatable bonds is 11. The number of benzene rings is 4. The van der Waals surface area contributed by atoms with Gasteiger partial charge in [0.25, 0.3) is 10.0 Å². The molecule has 0 aliphatic carbocycles. The largest absolute Gasteiger partial charge is 0.357 e. The van der Waals surface area contributed by atoms with Crippen LogP contribution in [-0.2, 0) is 32.6 Å². The molecule has 0 aliphatic rings. The van der Waals surface area contributed by atoms with Gasteiger partial charge in [0.05, 0.1) is 10.6 Å². The molecule has 4 aromatic carbocycles. The molecule has 0 bridgehead atoms. The van der Waals surface area contributed by atoms with Gasteiger partial charge in [-0.05, 0) is 67.8 Å². The number of hydrogen-bond acceptors (Lipinski definition) is 4. The van der Waals surface area contributed by atoms with Crippen molar-refractivity contribution in [2.75, 3.05) is 17.9 Å². The Kier molecular flexibility index (Phi) is 10.4. The van der Waals surface area contributed by atoms with E-state index in [4.69, 9.17) is 0 Å². The van der Waals surface area contributed by atoms with E-state index < -0.39 is 28.5 Å². The fourth-order valence-corrected chi connectivity index (χ4v) is 6.69. The Labute approximate surface area is 262 Å². The zero-order valence-corrected chi connectivity index (χ0v) is 27.2. The Morgan fingerprint density at radius 3 is 2.05 bits per heavy atom. The maximum Gasteiger partial charge on any atom is 0.264 e. The van der Waals surface area contributed by atoms with Gasteiger partial charge in [0.1, 0.15) is 12.6 Å². The first-order valence-electron chi connectivity index (χ1n) is 14.0. The van der Waals surface area contributed by atoms with Crippen LogP contribution >= 0.6 is 15.9 Å². The number of halogens is 1. The number of sulfonamides is 1. The summed E-state index contributed by atoms with van der Waals surface area (Å²) in [5.74, 6) is -0.836. The van der Waals surface area contributed by atoms with Crippen LogP contribution in [0.15, 0.2) is 106 Å². The van der Waals surface area contributed by atoms with Crippen LogP contribution in [-0.4, -0.2) is 44.8 Å². The van der Waals surface area contributed by atoms with Gasteiger partial charge in [0.2, 0.25) is 11.8 Å². The van der Waals surface area contributed by atoms with Crippen LogP contribution in [0.5, 0.6) is 0 Å². The first-order valence-corrected chi connectivity index (χ1v) is 16.2. The standard InChI is InChI=1S/C34H36BrN3O4S/c1-24-10-17-30(18-11-24)43(41,42)38(31-19-12-25(2)20-26(31)3)23-33(39)37(22-28-13-15-29(35)16-14-28)32(34(40)36-4)21-27-8-6-5-7-9-27/h5-20,32H,21-23H2,1-4H3,(H,36,40)/t32-/m1/s1. The summed E-state index contributed by atoms with van der Waals surface area (Å²) in [6.07, 6.45) is 0.261. The Bertz CT molecular complexity index is 1680. The Morgan fingerprint density at radius 2 is 1.44 bits per heavy atom. The van der Waals surface area contributed by atoms with Gasteiger partial charge in [-0.3, -0.25) is 13.9 Å². The van der Waals surface area contributed by atoms with Gasteiger partial charge < -0.3 is 10.2 Å². The highest BCUT2D eigenvalue weighted by atomic mass is 79.9. The molecular weight excluding hydrogens is 626 g/mol. The molecule has 0 saturated heterocycles. The van der Waals surface area contributed by atoms with Gasteiger partial charge in [-0.1, -0.05) is 93.8 Å². The molecule has 1 N–H and O–H groups in total. The van der Waals surface area contributed by atoms with Crippen molar-refractivity contribution in [1.29, 1.82) is 0 Å². The van der Waals surface area contributed by atoms with Crippen molar-refractivity contribution in [1.82, 2.24) is 10.2 Å². The molecule has 0 aromatic heterocycles. The zero-order valence-electron chi connectivity index (χ0n) is 24.7. The fraction of sp³-hybridized carbons (Fsp3) is 0.235. The SMILES string of the molecule is CNC(=O)[C@@H](Cc1ccccc1)N(Cc1ccc(Br)cc1)C(=O)CN(c1ccc(C)cc1C)S(=O)(=O)c1ccc(C)cc1. The summed E-state index contributed by atoms with van der Waals surface area (Å²) >= 11 is 3.45. The van der Waals surface area contributed by atoms with Gasteiger partial charge in [0.15, 0.2) is 0 Å². The van der Waals surface area contributed by atoms with Crippen molar-refractivity contribution in [3.8, 4) is 0 Å². The van der Waals surface area contributed by atoms with Crippen LogP contribution < -0.4 is 9.62 Å². The fourth-order valence-electron chi connectivity index (χ4n) is 4.94. The minimum Gasteiger partial charge on any atom is -0.357 e. The van der Waals surface area contributed by atoms with Crippen molar-refractivity contribution in [2.24, 2.45) is 0 Å². The van der Waals surface area contributed by atoms with Gasteiger partial charge in [-0.25, -0.2) is 8.42 Å². The van der Waals surface area contributed by atoms with Crippen molar-refractivity contribution < 1.29 is 18.0 Å². The lowest BCUT2D eigenvalue weighted by Crippen LogP contribution is -2.53. The minimum atomic E-state index is -4.14. The van der Waals surface area contributed by atoms with E-state index in [1.165, 1.54) is 11.9 Å². The minimum absolute atomic E-state index is 0.0810. The normalized spacial score (nSPS) is 11.9. The quantitative estimate of drug-likeness (QED) is 0.215. The molecule has 224 valence electrons. The first-order chi connectivity index (χ1) is 20.5. The van der Waals surface area contributed by atoms with Crippen LogP contribution in [0.25, 0.3) is 0 Å². The van der Waals surface area contributed by atoms with Crippen molar-refractivity contribution >= 4 is 43.5 Å². The molecule has 4 aromatic rings. The smallest absolute Gasteiger partial charge is 0.264 e. The van der Waals surface area contributed by atoms with Gasteiger partial charge >= 0.3 is 0 Å². The predicted octanol–water partition coefficient (Wildman–Crippen LogP) is 5.96. The van der Waals surface area contributed by atoms with Gasteiger partial charge in [-0.2, -0.15) is 0 Å². The van der Waals surface area contributed by atoms with Crippen molar-refractivity contribution in [3.05, 3.63) is 129 Å². The number of aryl methyl sites for hydroxylation is 3. The second kappa shape index (κ2) is 14.0. The lowest BCUT2D eigenvalue weighted by molar-refractivity contribution is -0.139. The number of nitrogens with one attached hydrogen (secondary N) is 1. The molecule has 1 atom stereocenters. The van der Waals surface area contributed by atoms with Crippen LogP contribution in [0, 0.1) is 20.8 Å². The van der Waals surface area contributed by atoms with Crippen LogP contribution in [0.4, 0.5) is 5.69 Å². The molecule has 0 radical (unpaired) electrons. The van der Waals surface area contributed by atoms with Crippen LogP contribution in [0.1, 0.15) is 27.8 Å². The summed E-state index contributed by atoms with van der Waals surface area (Å²) in [6.45, 7) is 5.26. The van der Waals surface area contributed by atoms with Crippen molar-refractivity contribution in [2.45, 2.75) is 44.7 Å². The highest BCUT2D eigenvalue weighted by Gasteiger charge is 2.34. The molecule has 0 heterocycles. The van der Waals surface area contributed by atoms with Gasteiger partial charge in [-0.15, -0.1) is 0 Å². The summed E-state index contributed by atoms with van der Waals surface area (Å²) in [5, 5.41) is 2.71. The average molecular weight is 663 g/mol. The van der Waals surface area contributed by atoms with Gasteiger partial charge in [0, 0.05) is 24.5 Å². The monoisotopic (exact) mass is 661 g/mol. The van der Waals surface area contributed by atoms with E-state index in [2.05, 4.69) is 21.2 Å². The summed E-state index contributed by atoms with van der Waals surface area (Å²) in [4.78, 5) is 29.3. The summed E-state index contributed by atoms with van der Waals surface area (Å²) < 4.78 is 30.4. The zero-order chi connectivity index (χ0) is 31.1. The molecule has 0 unspecified atom stereocenters. The van der Waals surface area contributed by atoms with E-state index in [0.717, 1.165) is 36.6 Å². The molecule has 0 aliphatic heterocycles. The van der Waals surface area contributed by atoms with E-state index in [1.807, 2.05) is 87.5 Å². The highest BCUT2D eigenvalue weighted by Crippen LogP contribution is 2.29. The lowest BCUT2D eigenvalue weighted by atomic mass is 10.0. The number of carbonyl (C=O) groups excluding carboxylic acids is 2. The van der Waals surface area contributed by atoms with E-state index in [0.29, 0.717) is 5.69 Å². The third kappa shape index (κ3) is 7.91. The highest BCUT2D eigenvalue weighted by molar-refractivity contribution is 9.10. The Hall–Kier alpha value is -3.95. The Morgan fingerprint density at radius 1 is 0.814 bits per heavy atom. The summed E-state index contributed by atoms with van der Waals surface area (Å²) in [5.41, 5.74) is 4.70. The number of hydrogen-bond donors (Lipinski definition) is 1. The number of carbonyl (C=O) groups is 2. The van der Waals surface area contributed by atoms with Crippen LogP contribution in [0.3, 0.4) is 0 Å². The molecule has 4 rings (SSSR count). The molecule has 43 heavy (non-hydrogen) atoms. The molecule has 0 saturated carbocycles. The molecule has 0 fully saturated rings. The third-order valence-corrected chi connectivity index (χ3v) is 9.60. The molecular formula is C34H36BrN3O4S. The van der Waals surface area contributed by atoms with Crippen LogP contribution in [0.2, 0.25) is 0 Å². The number of nitrogens with zero attached hydrogens (tertiary/aromatic N) is 2. The molecule has 9 heteroatoms. The molecule has 0 spiro atoms. The Balaban J connectivity index is 1.81. The second-order valence-corrected chi connectivity index (χ2v) is 13.4. The number of likely N-dealkylation sites (N-methyl/N-ethyl adjacent to an activating group) is 1. The average Bonchev–Trinajstić information content (AvgIpc) is 2.99.